The van der Waals surface area contributed by atoms with Crippen LogP contribution in [0.2, 0.25) is 0 Å². The Labute approximate surface area is 200 Å². The lowest BCUT2D eigenvalue weighted by Crippen LogP contribution is -2.35. The summed E-state index contributed by atoms with van der Waals surface area (Å²) in [5.74, 6) is 0.794. The van der Waals surface area contributed by atoms with Crippen LogP contribution in [-0.2, 0) is 18.6 Å². The van der Waals surface area contributed by atoms with Gasteiger partial charge in [0.25, 0.3) is 5.56 Å². The highest BCUT2D eigenvalue weighted by Gasteiger charge is 2.29. The van der Waals surface area contributed by atoms with Crippen LogP contribution in [0, 0.1) is 13.8 Å². The largest absolute Gasteiger partial charge is 0.321 e. The molecule has 178 valence electrons. The summed E-state index contributed by atoms with van der Waals surface area (Å²) in [6, 6.07) is 10.1. The van der Waals surface area contributed by atoms with E-state index < -0.39 is 0 Å². The molecule has 1 N–H and O–H groups in total. The monoisotopic (exact) mass is 459 g/mol. The number of fused-ring (bicyclic) bond motifs is 1. The zero-order chi connectivity index (χ0) is 24.5. The van der Waals surface area contributed by atoms with Crippen LogP contribution in [0.1, 0.15) is 68.2 Å². The fourth-order valence-corrected chi connectivity index (χ4v) is 4.55. The van der Waals surface area contributed by atoms with Crippen molar-refractivity contribution in [2.75, 3.05) is 0 Å². The molecule has 0 aliphatic rings. The van der Waals surface area contributed by atoms with E-state index in [9.17, 15) is 4.79 Å². The van der Waals surface area contributed by atoms with E-state index >= 15 is 0 Å². The van der Waals surface area contributed by atoms with E-state index in [-0.39, 0.29) is 17.1 Å². The average molecular weight is 460 g/mol. The minimum Gasteiger partial charge on any atom is -0.321 e. The third-order valence-corrected chi connectivity index (χ3v) is 6.11. The first-order valence-electron chi connectivity index (χ1n) is 11.7. The van der Waals surface area contributed by atoms with Gasteiger partial charge in [0.2, 0.25) is 0 Å². The summed E-state index contributed by atoms with van der Waals surface area (Å²) in [7, 11) is 0. The maximum absolute atomic E-state index is 13.1. The van der Waals surface area contributed by atoms with E-state index in [2.05, 4.69) is 83.2 Å². The Morgan fingerprint density at radius 1 is 1.15 bits per heavy atom. The molecule has 0 radical (unpaired) electrons. The Morgan fingerprint density at radius 2 is 1.94 bits per heavy atom. The maximum Gasteiger partial charge on any atom is 0.252 e. The van der Waals surface area contributed by atoms with Gasteiger partial charge in [-0.2, -0.15) is 0 Å². The second-order valence-corrected chi connectivity index (χ2v) is 9.98. The summed E-state index contributed by atoms with van der Waals surface area (Å²) >= 11 is 0. The number of H-pyrrole nitrogens is 1. The fraction of sp³-hybridized carbons (Fsp3) is 0.423. The Kier molecular flexibility index (Phi) is 6.61. The molecule has 0 unspecified atom stereocenters. The average Bonchev–Trinajstić information content (AvgIpc) is 3.26. The van der Waals surface area contributed by atoms with Crippen molar-refractivity contribution in [1.29, 1.82) is 0 Å². The van der Waals surface area contributed by atoms with Crippen molar-refractivity contribution in [2.24, 2.45) is 0 Å². The smallest absolute Gasteiger partial charge is 0.252 e. The lowest BCUT2D eigenvalue weighted by molar-refractivity contribution is 0.153. The van der Waals surface area contributed by atoms with Crippen molar-refractivity contribution in [3.63, 3.8) is 0 Å². The zero-order valence-electron chi connectivity index (χ0n) is 20.8. The molecule has 3 aromatic heterocycles. The van der Waals surface area contributed by atoms with Crippen molar-refractivity contribution in [3.8, 4) is 0 Å². The van der Waals surface area contributed by atoms with E-state index in [1.807, 2.05) is 29.9 Å². The molecule has 0 amide bonds. The Hall–Kier alpha value is -3.39. The number of benzene rings is 1. The normalized spacial score (nSPS) is 13.0. The molecule has 1 aromatic carbocycles. The molecule has 34 heavy (non-hydrogen) atoms. The molecule has 8 heteroatoms. The van der Waals surface area contributed by atoms with Gasteiger partial charge in [-0.15, -0.1) is 5.10 Å². The van der Waals surface area contributed by atoms with Gasteiger partial charge in [-0.3, -0.25) is 14.7 Å². The van der Waals surface area contributed by atoms with E-state index in [1.54, 1.807) is 6.20 Å². The first kappa shape index (κ1) is 23.8. The third-order valence-electron chi connectivity index (χ3n) is 6.11. The van der Waals surface area contributed by atoms with Gasteiger partial charge in [-0.1, -0.05) is 24.6 Å². The van der Waals surface area contributed by atoms with Crippen molar-refractivity contribution in [2.45, 2.75) is 72.6 Å². The summed E-state index contributed by atoms with van der Waals surface area (Å²) in [4.78, 5) is 22.8. The number of nitrogens with zero attached hydrogens (tertiary/aromatic N) is 6. The zero-order valence-corrected chi connectivity index (χ0v) is 20.8. The van der Waals surface area contributed by atoms with Gasteiger partial charge in [-0.25, -0.2) is 4.68 Å². The minimum atomic E-state index is -0.262. The topological polar surface area (TPSA) is 92.6 Å². The molecule has 4 rings (SSSR count). The number of aromatic amines is 1. The van der Waals surface area contributed by atoms with Crippen LogP contribution in [0.5, 0.6) is 0 Å². The maximum atomic E-state index is 13.1. The van der Waals surface area contributed by atoms with Crippen LogP contribution < -0.4 is 5.56 Å². The summed E-state index contributed by atoms with van der Waals surface area (Å²) < 4.78 is 1.88. The number of hydrogen-bond acceptors (Lipinski definition) is 6. The standard InChI is InChI=1S/C26H33N7O/c1-7-22(24-29-30-31-33(24)26(4,5)6)32(15-19-9-8-10-27-14-19)16-21-13-20-12-17(2)11-18(3)23(20)28-25(21)34/h8-14,22H,7,15-16H2,1-6H3,(H,28,34)/t22-/m1/s1. The predicted molar refractivity (Wildman–Crippen MR) is 133 cm³/mol. The van der Waals surface area contributed by atoms with Crippen LogP contribution in [0.15, 0.2) is 47.5 Å². The van der Waals surface area contributed by atoms with Crippen LogP contribution in [0.25, 0.3) is 10.9 Å². The highest BCUT2D eigenvalue weighted by Crippen LogP contribution is 2.29. The number of tetrazole rings is 1. The highest BCUT2D eigenvalue weighted by atomic mass is 16.1. The van der Waals surface area contributed by atoms with Crippen molar-refractivity contribution in [1.82, 2.24) is 35.1 Å². The second-order valence-electron chi connectivity index (χ2n) is 9.98. The quantitative estimate of drug-likeness (QED) is 0.439. The Bertz CT molecular complexity index is 1340. The number of rotatable bonds is 7. The van der Waals surface area contributed by atoms with Gasteiger partial charge in [0.15, 0.2) is 5.82 Å². The first-order chi connectivity index (χ1) is 16.2. The molecular weight excluding hydrogens is 426 g/mol. The molecular formula is C26H33N7O. The molecule has 8 nitrogen and oxygen atoms in total. The van der Waals surface area contributed by atoms with Gasteiger partial charge in [0.05, 0.1) is 17.1 Å². The van der Waals surface area contributed by atoms with Gasteiger partial charge >= 0.3 is 0 Å². The summed E-state index contributed by atoms with van der Waals surface area (Å²) in [6.45, 7) is 13.6. The highest BCUT2D eigenvalue weighted by molar-refractivity contribution is 5.82. The summed E-state index contributed by atoms with van der Waals surface area (Å²) in [5, 5.41) is 13.7. The molecule has 0 fully saturated rings. The third kappa shape index (κ3) is 4.92. The minimum absolute atomic E-state index is 0.0686. The molecule has 0 bridgehead atoms. The van der Waals surface area contributed by atoms with Crippen LogP contribution in [-0.4, -0.2) is 35.1 Å². The van der Waals surface area contributed by atoms with Crippen LogP contribution in [0.4, 0.5) is 0 Å². The van der Waals surface area contributed by atoms with E-state index in [4.69, 9.17) is 0 Å². The van der Waals surface area contributed by atoms with Crippen LogP contribution >= 0.6 is 0 Å². The number of nitrogens with one attached hydrogen (secondary N) is 1. The van der Waals surface area contributed by atoms with E-state index in [0.717, 1.165) is 39.8 Å². The van der Waals surface area contributed by atoms with Gasteiger partial charge < -0.3 is 4.98 Å². The van der Waals surface area contributed by atoms with Crippen molar-refractivity contribution < 1.29 is 0 Å². The number of hydrogen-bond donors (Lipinski definition) is 1. The van der Waals surface area contributed by atoms with Gasteiger partial charge in [0, 0.05) is 31.0 Å². The molecule has 1 atom stereocenters. The molecule has 4 aromatic rings. The van der Waals surface area contributed by atoms with Gasteiger partial charge in [-0.05, 0) is 86.2 Å². The SMILES string of the molecule is CC[C@H](c1nnnn1C(C)(C)C)N(Cc1cccnc1)Cc1cc2cc(C)cc(C)c2[nH]c1=O. The number of pyridine rings is 2. The molecule has 0 saturated carbocycles. The lowest BCUT2D eigenvalue weighted by atomic mass is 10.0. The van der Waals surface area contributed by atoms with E-state index in [0.29, 0.717) is 13.1 Å². The van der Waals surface area contributed by atoms with Crippen molar-refractivity contribution >= 4 is 10.9 Å². The van der Waals surface area contributed by atoms with Crippen molar-refractivity contribution in [3.05, 3.63) is 81.2 Å². The Morgan fingerprint density at radius 3 is 2.62 bits per heavy atom. The molecule has 0 aliphatic carbocycles. The Balaban J connectivity index is 1.79. The second kappa shape index (κ2) is 9.46. The van der Waals surface area contributed by atoms with Crippen LogP contribution in [0.3, 0.4) is 0 Å². The number of aromatic nitrogens is 6. The molecule has 3 heterocycles. The van der Waals surface area contributed by atoms with Gasteiger partial charge in [0.1, 0.15) is 0 Å². The van der Waals surface area contributed by atoms with E-state index in [1.165, 1.54) is 5.56 Å². The lowest BCUT2D eigenvalue weighted by Gasteiger charge is -2.32. The predicted octanol–water partition coefficient (Wildman–Crippen LogP) is 4.43. The molecule has 0 spiro atoms. The summed E-state index contributed by atoms with van der Waals surface area (Å²) in [6.07, 6.45) is 4.42. The molecule has 0 aliphatic heterocycles. The first-order valence-corrected chi connectivity index (χ1v) is 11.7. The summed E-state index contributed by atoms with van der Waals surface area (Å²) in [5.41, 5.74) is 4.59. The fourth-order valence-electron chi connectivity index (χ4n) is 4.55. The molecule has 0 saturated heterocycles. The number of aryl methyl sites for hydroxylation is 2.